The molecule has 3 aromatic rings. The molecular formula is C22H22Cl2FN5O2. The lowest BCUT2D eigenvalue weighted by Gasteiger charge is -2.21. The summed E-state index contributed by atoms with van der Waals surface area (Å²) in [5.41, 5.74) is 6.61. The second-order valence-electron chi connectivity index (χ2n) is 7.76. The molecule has 2 aromatic carbocycles. The molecule has 32 heavy (non-hydrogen) atoms. The number of halogens is 3. The van der Waals surface area contributed by atoms with Gasteiger partial charge in [-0.25, -0.2) is 4.39 Å². The number of aromatic nitrogens is 2. The van der Waals surface area contributed by atoms with Gasteiger partial charge in [0.15, 0.2) is 5.69 Å². The van der Waals surface area contributed by atoms with E-state index in [4.69, 9.17) is 28.9 Å². The Morgan fingerprint density at radius 1 is 1.19 bits per heavy atom. The summed E-state index contributed by atoms with van der Waals surface area (Å²) in [5, 5.41) is 8.20. The van der Waals surface area contributed by atoms with Crippen LogP contribution in [-0.2, 0) is 17.9 Å². The quantitative estimate of drug-likeness (QED) is 0.493. The zero-order chi connectivity index (χ0) is 22.8. The molecule has 0 spiro atoms. The van der Waals surface area contributed by atoms with Crippen LogP contribution in [0.15, 0.2) is 36.4 Å². The summed E-state index contributed by atoms with van der Waals surface area (Å²) in [6.45, 7) is 1.19. The number of carbonyl (C=O) groups excluding carboxylic acids is 2. The molecule has 1 aliphatic rings. The molecule has 0 radical (unpaired) electrons. The van der Waals surface area contributed by atoms with Crippen molar-refractivity contribution in [1.29, 1.82) is 0 Å². The van der Waals surface area contributed by atoms with Crippen molar-refractivity contribution >= 4 is 45.9 Å². The molecule has 7 nitrogen and oxygen atoms in total. The SMILES string of the molecule is NC(=O)c1nn(CCN(CC(=O)NCc2cccc(Cl)c2F)C2CC2)c2c(Cl)cccc12. The lowest BCUT2D eigenvalue weighted by Crippen LogP contribution is -2.40. The van der Waals surface area contributed by atoms with Gasteiger partial charge in [-0.15, -0.1) is 0 Å². The molecule has 1 fully saturated rings. The number of para-hydroxylation sites is 1. The van der Waals surface area contributed by atoms with Crippen molar-refractivity contribution in [1.82, 2.24) is 20.0 Å². The van der Waals surface area contributed by atoms with Gasteiger partial charge >= 0.3 is 0 Å². The van der Waals surface area contributed by atoms with Crippen LogP contribution in [0.4, 0.5) is 4.39 Å². The van der Waals surface area contributed by atoms with Crippen LogP contribution in [0.1, 0.15) is 28.9 Å². The van der Waals surface area contributed by atoms with Crippen LogP contribution < -0.4 is 11.1 Å². The highest BCUT2D eigenvalue weighted by Crippen LogP contribution is 2.28. The van der Waals surface area contributed by atoms with Gasteiger partial charge in [-0.2, -0.15) is 5.10 Å². The minimum atomic E-state index is -0.623. The third kappa shape index (κ3) is 4.87. The number of carbonyl (C=O) groups is 2. The Hall–Kier alpha value is -2.68. The van der Waals surface area contributed by atoms with Gasteiger partial charge < -0.3 is 11.1 Å². The Kier molecular flexibility index (Phi) is 6.64. The van der Waals surface area contributed by atoms with Gasteiger partial charge in [-0.3, -0.25) is 19.2 Å². The maximum absolute atomic E-state index is 14.0. The molecular weight excluding hydrogens is 456 g/mol. The molecule has 0 bridgehead atoms. The molecule has 168 valence electrons. The monoisotopic (exact) mass is 477 g/mol. The van der Waals surface area contributed by atoms with E-state index in [1.54, 1.807) is 35.0 Å². The zero-order valence-corrected chi connectivity index (χ0v) is 18.7. The van der Waals surface area contributed by atoms with Crippen LogP contribution in [0.5, 0.6) is 0 Å². The smallest absolute Gasteiger partial charge is 0.269 e. The van der Waals surface area contributed by atoms with Gasteiger partial charge in [0.25, 0.3) is 5.91 Å². The minimum absolute atomic E-state index is 0.0248. The van der Waals surface area contributed by atoms with Crippen molar-refractivity contribution in [3.63, 3.8) is 0 Å². The first kappa shape index (κ1) is 22.5. The summed E-state index contributed by atoms with van der Waals surface area (Å²) in [7, 11) is 0. The fourth-order valence-corrected chi connectivity index (χ4v) is 4.18. The number of rotatable bonds is 9. The maximum atomic E-state index is 14.0. The molecule has 0 atom stereocenters. The molecule has 4 rings (SSSR count). The summed E-state index contributed by atoms with van der Waals surface area (Å²) in [6, 6.07) is 10.2. The van der Waals surface area contributed by atoms with Gasteiger partial charge in [-0.05, 0) is 25.0 Å². The van der Waals surface area contributed by atoms with E-state index < -0.39 is 11.7 Å². The molecule has 3 N–H and O–H groups in total. The molecule has 1 saturated carbocycles. The summed E-state index contributed by atoms with van der Waals surface area (Å²) in [6.07, 6.45) is 2.01. The van der Waals surface area contributed by atoms with Crippen molar-refractivity contribution in [2.75, 3.05) is 13.1 Å². The molecule has 2 amide bonds. The number of fused-ring (bicyclic) bond motifs is 1. The summed E-state index contributed by atoms with van der Waals surface area (Å²) in [4.78, 5) is 26.3. The third-order valence-electron chi connectivity index (χ3n) is 5.47. The first-order valence-corrected chi connectivity index (χ1v) is 11.0. The van der Waals surface area contributed by atoms with Gasteiger partial charge in [0.1, 0.15) is 5.82 Å². The van der Waals surface area contributed by atoms with Gasteiger partial charge in [0.2, 0.25) is 5.91 Å². The molecule has 1 aromatic heterocycles. The number of primary amides is 1. The third-order valence-corrected chi connectivity index (χ3v) is 6.07. The fourth-order valence-electron chi connectivity index (χ4n) is 3.71. The van der Waals surface area contributed by atoms with Crippen molar-refractivity contribution in [3.8, 4) is 0 Å². The molecule has 10 heteroatoms. The van der Waals surface area contributed by atoms with E-state index in [1.807, 2.05) is 0 Å². The lowest BCUT2D eigenvalue weighted by molar-refractivity contribution is -0.122. The average Bonchev–Trinajstić information content (AvgIpc) is 3.53. The van der Waals surface area contributed by atoms with Gasteiger partial charge in [0.05, 0.1) is 28.7 Å². The predicted octanol–water partition coefficient (Wildman–Crippen LogP) is 3.36. The highest BCUT2D eigenvalue weighted by Gasteiger charge is 2.30. The number of nitrogens with zero attached hydrogens (tertiary/aromatic N) is 3. The highest BCUT2D eigenvalue weighted by molar-refractivity contribution is 6.35. The predicted molar refractivity (Wildman–Crippen MR) is 121 cm³/mol. The molecule has 1 heterocycles. The Morgan fingerprint density at radius 2 is 1.91 bits per heavy atom. The summed E-state index contributed by atoms with van der Waals surface area (Å²) < 4.78 is 15.7. The first-order chi connectivity index (χ1) is 15.3. The van der Waals surface area contributed by atoms with Crippen LogP contribution in [0.25, 0.3) is 10.9 Å². The molecule has 0 unspecified atom stereocenters. The maximum Gasteiger partial charge on any atom is 0.269 e. The van der Waals surface area contributed by atoms with Gasteiger partial charge in [-0.1, -0.05) is 47.5 Å². The van der Waals surface area contributed by atoms with E-state index >= 15 is 0 Å². The highest BCUT2D eigenvalue weighted by atomic mass is 35.5. The summed E-state index contributed by atoms with van der Waals surface area (Å²) >= 11 is 12.1. The number of nitrogens with two attached hydrogens (primary N) is 1. The van der Waals surface area contributed by atoms with E-state index in [9.17, 15) is 14.0 Å². The number of hydrogen-bond donors (Lipinski definition) is 2. The lowest BCUT2D eigenvalue weighted by atomic mass is 10.2. The first-order valence-electron chi connectivity index (χ1n) is 10.2. The van der Waals surface area contributed by atoms with Crippen LogP contribution in [0.2, 0.25) is 10.0 Å². The Bertz CT molecular complexity index is 1180. The van der Waals surface area contributed by atoms with Gasteiger partial charge in [0, 0.05) is 30.1 Å². The Balaban J connectivity index is 1.42. The second kappa shape index (κ2) is 9.44. The fraction of sp³-hybridized carbons (Fsp3) is 0.318. The van der Waals surface area contributed by atoms with Crippen LogP contribution >= 0.6 is 23.2 Å². The normalized spacial score (nSPS) is 13.6. The average molecular weight is 478 g/mol. The van der Waals surface area contributed by atoms with Crippen LogP contribution in [0, 0.1) is 5.82 Å². The topological polar surface area (TPSA) is 93.2 Å². The molecule has 0 saturated heterocycles. The van der Waals surface area contributed by atoms with E-state index in [0.29, 0.717) is 40.6 Å². The Morgan fingerprint density at radius 3 is 2.62 bits per heavy atom. The van der Waals surface area contributed by atoms with Crippen LogP contribution in [-0.4, -0.2) is 45.6 Å². The second-order valence-corrected chi connectivity index (χ2v) is 8.58. The Labute approximate surface area is 194 Å². The van der Waals surface area contributed by atoms with E-state index in [2.05, 4.69) is 15.3 Å². The standard InChI is InChI=1S/C22H22Cl2FN5O2/c23-16-5-1-3-13(19(16)25)11-27-18(31)12-29(14-7-8-14)9-10-30-21-15(4-2-6-17(21)24)20(28-30)22(26)32/h1-6,14H,7-12H2,(H2,26,32)(H,27,31). The molecule has 0 aliphatic heterocycles. The van der Waals surface area contributed by atoms with Crippen molar-refractivity contribution in [3.05, 3.63) is 63.5 Å². The van der Waals surface area contributed by atoms with Crippen molar-refractivity contribution in [2.45, 2.75) is 32.0 Å². The van der Waals surface area contributed by atoms with Crippen molar-refractivity contribution < 1.29 is 14.0 Å². The summed E-state index contributed by atoms with van der Waals surface area (Å²) in [5.74, 6) is -1.36. The van der Waals surface area contributed by atoms with E-state index in [-0.39, 0.29) is 29.7 Å². The largest absolute Gasteiger partial charge is 0.364 e. The molecule has 1 aliphatic carbocycles. The number of amides is 2. The van der Waals surface area contributed by atoms with Crippen molar-refractivity contribution in [2.24, 2.45) is 5.73 Å². The number of benzene rings is 2. The van der Waals surface area contributed by atoms with Crippen LogP contribution in [0.3, 0.4) is 0 Å². The zero-order valence-electron chi connectivity index (χ0n) is 17.2. The minimum Gasteiger partial charge on any atom is -0.364 e. The van der Waals surface area contributed by atoms with E-state index in [0.717, 1.165) is 12.8 Å². The van der Waals surface area contributed by atoms with E-state index in [1.165, 1.54) is 6.07 Å². The number of hydrogen-bond acceptors (Lipinski definition) is 4. The number of nitrogens with one attached hydrogen (secondary N) is 1.